The topological polar surface area (TPSA) is 81.1 Å². The van der Waals surface area contributed by atoms with Gasteiger partial charge >= 0.3 is 5.97 Å². The largest absolute Gasteiger partial charge is 0.465 e. The Labute approximate surface area is 192 Å². The van der Waals surface area contributed by atoms with Crippen LogP contribution in [0, 0.1) is 5.82 Å². The third-order valence-corrected chi connectivity index (χ3v) is 5.78. The summed E-state index contributed by atoms with van der Waals surface area (Å²) in [6, 6.07) is 17.9. The first-order chi connectivity index (χ1) is 15.5. The predicted molar refractivity (Wildman–Crippen MR) is 126 cm³/mol. The van der Waals surface area contributed by atoms with Crippen molar-refractivity contribution in [2.75, 3.05) is 17.7 Å². The van der Waals surface area contributed by atoms with E-state index in [1.54, 1.807) is 24.3 Å². The Morgan fingerprint density at radius 3 is 2.66 bits per heavy atom. The van der Waals surface area contributed by atoms with Crippen LogP contribution in [0.5, 0.6) is 0 Å². The van der Waals surface area contributed by atoms with Crippen molar-refractivity contribution in [1.29, 1.82) is 0 Å². The molecule has 0 aliphatic carbocycles. The predicted octanol–water partition coefficient (Wildman–Crippen LogP) is 4.79. The normalized spacial score (nSPS) is 10.6. The van der Waals surface area contributed by atoms with Crippen molar-refractivity contribution >= 4 is 45.6 Å². The number of benzene rings is 2. The second-order valence-corrected chi connectivity index (χ2v) is 8.11. The van der Waals surface area contributed by atoms with Crippen LogP contribution >= 0.6 is 23.6 Å². The summed E-state index contributed by atoms with van der Waals surface area (Å²) in [7, 11) is 1.33. The van der Waals surface area contributed by atoms with E-state index in [0.29, 0.717) is 16.1 Å². The number of ether oxygens (including phenoxy) is 1. The fourth-order valence-electron chi connectivity index (χ4n) is 2.96. The lowest BCUT2D eigenvalue weighted by atomic mass is 10.1. The summed E-state index contributed by atoms with van der Waals surface area (Å²) in [4.78, 5) is 17.3. The van der Waals surface area contributed by atoms with Crippen LogP contribution in [0.4, 0.5) is 15.3 Å². The van der Waals surface area contributed by atoms with Gasteiger partial charge in [0.2, 0.25) is 5.95 Å². The quantitative estimate of drug-likeness (QED) is 0.312. The maximum Gasteiger partial charge on any atom is 0.340 e. The van der Waals surface area contributed by atoms with E-state index < -0.39 is 5.97 Å². The summed E-state index contributed by atoms with van der Waals surface area (Å²) in [6.45, 7) is 0.236. The number of methoxy groups -OCH3 is 1. The third-order valence-electron chi connectivity index (χ3n) is 4.47. The average molecular weight is 468 g/mol. The van der Waals surface area contributed by atoms with Gasteiger partial charge < -0.3 is 10.1 Å². The van der Waals surface area contributed by atoms with E-state index in [9.17, 15) is 9.18 Å². The van der Waals surface area contributed by atoms with E-state index in [-0.39, 0.29) is 23.4 Å². The van der Waals surface area contributed by atoms with Gasteiger partial charge in [-0.1, -0.05) is 48.5 Å². The van der Waals surface area contributed by atoms with Crippen LogP contribution in [-0.4, -0.2) is 33.0 Å². The highest BCUT2D eigenvalue weighted by atomic mass is 32.1. The van der Waals surface area contributed by atoms with Gasteiger partial charge in [0.1, 0.15) is 17.1 Å². The Bertz CT molecular complexity index is 1260. The molecular formula is C22H18FN5O2S2. The standard InChI is InChI=1S/C22H18FN5O2S2/c1-30-20(29)16-11-18(14-7-3-2-4-8-14)32-19(16)25-22(31)26-21-24-13-28(27-21)12-15-9-5-6-10-17(15)23/h2-11,13H,12H2,1H3,(H2,25,26,27,31). The van der Waals surface area contributed by atoms with Crippen molar-refractivity contribution in [3.8, 4) is 10.4 Å². The molecule has 0 saturated heterocycles. The van der Waals surface area contributed by atoms with Crippen LogP contribution in [0.3, 0.4) is 0 Å². The van der Waals surface area contributed by atoms with E-state index >= 15 is 0 Å². The van der Waals surface area contributed by atoms with Crippen LogP contribution in [0.2, 0.25) is 0 Å². The Balaban J connectivity index is 1.47. The lowest BCUT2D eigenvalue weighted by molar-refractivity contribution is 0.0602. The van der Waals surface area contributed by atoms with Gasteiger partial charge in [-0.3, -0.25) is 5.32 Å². The first kappa shape index (κ1) is 21.6. The van der Waals surface area contributed by atoms with E-state index in [0.717, 1.165) is 10.4 Å². The van der Waals surface area contributed by atoms with Crippen molar-refractivity contribution in [2.45, 2.75) is 6.54 Å². The molecule has 7 nitrogen and oxygen atoms in total. The summed E-state index contributed by atoms with van der Waals surface area (Å²) in [5, 5.41) is 10.9. The molecule has 0 fully saturated rings. The summed E-state index contributed by atoms with van der Waals surface area (Å²) in [5.74, 6) is -0.531. The van der Waals surface area contributed by atoms with Crippen molar-refractivity contribution in [2.24, 2.45) is 0 Å². The molecule has 0 radical (unpaired) electrons. The number of esters is 1. The number of hydrogen-bond acceptors (Lipinski definition) is 6. The second kappa shape index (κ2) is 9.67. The molecule has 2 aromatic heterocycles. The van der Waals surface area contributed by atoms with Gasteiger partial charge in [-0.2, -0.15) is 0 Å². The van der Waals surface area contributed by atoms with Crippen LogP contribution in [0.25, 0.3) is 10.4 Å². The molecule has 0 bridgehead atoms. The average Bonchev–Trinajstić information content (AvgIpc) is 3.42. The molecule has 2 aromatic carbocycles. The number of hydrogen-bond donors (Lipinski definition) is 2. The van der Waals surface area contributed by atoms with E-state index in [1.165, 1.54) is 35.5 Å². The third kappa shape index (κ3) is 4.98. The van der Waals surface area contributed by atoms with Gasteiger partial charge in [0, 0.05) is 10.4 Å². The number of rotatable bonds is 6. The first-order valence-electron chi connectivity index (χ1n) is 9.52. The highest BCUT2D eigenvalue weighted by Crippen LogP contribution is 2.35. The maximum atomic E-state index is 13.8. The molecule has 32 heavy (non-hydrogen) atoms. The number of carbonyl (C=O) groups excluding carboxylic acids is 1. The Morgan fingerprint density at radius 1 is 1.16 bits per heavy atom. The molecule has 0 saturated carbocycles. The zero-order chi connectivity index (χ0) is 22.5. The zero-order valence-corrected chi connectivity index (χ0v) is 18.5. The Morgan fingerprint density at radius 2 is 1.91 bits per heavy atom. The molecule has 0 spiro atoms. The van der Waals surface area contributed by atoms with Gasteiger partial charge in [-0.05, 0) is 29.9 Å². The van der Waals surface area contributed by atoms with Crippen molar-refractivity contribution < 1.29 is 13.9 Å². The van der Waals surface area contributed by atoms with Gasteiger partial charge in [-0.25, -0.2) is 18.9 Å². The summed E-state index contributed by atoms with van der Waals surface area (Å²) in [5.41, 5.74) is 1.85. The highest BCUT2D eigenvalue weighted by molar-refractivity contribution is 7.80. The Hall–Kier alpha value is -3.63. The molecular weight excluding hydrogens is 449 g/mol. The van der Waals surface area contributed by atoms with Crippen LogP contribution in [-0.2, 0) is 11.3 Å². The van der Waals surface area contributed by atoms with Crippen LogP contribution in [0.1, 0.15) is 15.9 Å². The lowest BCUT2D eigenvalue weighted by Crippen LogP contribution is -2.20. The van der Waals surface area contributed by atoms with E-state index in [1.807, 2.05) is 30.3 Å². The van der Waals surface area contributed by atoms with Gasteiger partial charge in [0.05, 0.1) is 19.2 Å². The van der Waals surface area contributed by atoms with Gasteiger partial charge in [-0.15, -0.1) is 16.4 Å². The zero-order valence-electron chi connectivity index (χ0n) is 16.9. The minimum atomic E-state index is -0.471. The SMILES string of the molecule is COC(=O)c1cc(-c2ccccc2)sc1NC(=S)Nc1ncn(Cc2ccccc2F)n1. The second-order valence-electron chi connectivity index (χ2n) is 6.65. The monoisotopic (exact) mass is 467 g/mol. The van der Waals surface area contributed by atoms with Crippen molar-refractivity contribution in [3.63, 3.8) is 0 Å². The molecule has 0 aliphatic rings. The fraction of sp³-hybridized carbons (Fsp3) is 0.0909. The number of nitrogens with zero attached hydrogens (tertiary/aromatic N) is 3. The minimum Gasteiger partial charge on any atom is -0.465 e. The highest BCUT2D eigenvalue weighted by Gasteiger charge is 2.19. The molecule has 10 heteroatoms. The molecule has 0 atom stereocenters. The number of thiophene rings is 1. The maximum absolute atomic E-state index is 13.8. The fourth-order valence-corrected chi connectivity index (χ4v) is 4.27. The molecule has 2 heterocycles. The Kier molecular flexibility index (Phi) is 6.52. The summed E-state index contributed by atoms with van der Waals surface area (Å²) >= 11 is 6.75. The van der Waals surface area contributed by atoms with E-state index in [2.05, 4.69) is 20.7 Å². The number of halogens is 1. The summed E-state index contributed by atoms with van der Waals surface area (Å²) < 4.78 is 20.2. The molecule has 2 N–H and O–H groups in total. The number of thiocarbonyl (C=S) groups is 1. The minimum absolute atomic E-state index is 0.209. The van der Waals surface area contributed by atoms with Crippen LogP contribution in [0.15, 0.2) is 67.0 Å². The number of anilines is 2. The molecule has 0 aliphatic heterocycles. The molecule has 4 rings (SSSR count). The summed E-state index contributed by atoms with van der Waals surface area (Å²) in [6.07, 6.45) is 1.48. The van der Waals surface area contributed by atoms with Gasteiger partial charge in [0.15, 0.2) is 5.11 Å². The molecule has 4 aromatic rings. The van der Waals surface area contributed by atoms with Gasteiger partial charge in [0.25, 0.3) is 0 Å². The van der Waals surface area contributed by atoms with Crippen LogP contribution < -0.4 is 10.6 Å². The van der Waals surface area contributed by atoms with E-state index in [4.69, 9.17) is 17.0 Å². The number of aromatic nitrogens is 3. The molecule has 0 unspecified atom stereocenters. The first-order valence-corrected chi connectivity index (χ1v) is 10.7. The molecule has 162 valence electrons. The smallest absolute Gasteiger partial charge is 0.340 e. The molecule has 0 amide bonds. The van der Waals surface area contributed by atoms with Crippen molar-refractivity contribution in [1.82, 2.24) is 14.8 Å². The number of nitrogens with one attached hydrogen (secondary N) is 2. The lowest BCUT2D eigenvalue weighted by Gasteiger charge is -2.07. The number of carbonyl (C=O) groups is 1. The van der Waals surface area contributed by atoms with Crippen molar-refractivity contribution in [3.05, 3.63) is 83.9 Å².